The average molecular weight is 292 g/mol. The van der Waals surface area contributed by atoms with Crippen molar-refractivity contribution in [1.29, 1.82) is 0 Å². The third kappa shape index (κ3) is 3.30. The Balaban J connectivity index is 1.60. The van der Waals surface area contributed by atoms with Gasteiger partial charge in [-0.2, -0.15) is 0 Å². The second-order valence-corrected chi connectivity index (χ2v) is 6.12. The highest BCUT2D eigenvalue weighted by Gasteiger charge is 2.32. The van der Waals surface area contributed by atoms with Gasteiger partial charge in [0, 0.05) is 6.54 Å². The Morgan fingerprint density at radius 2 is 2.19 bits per heavy atom. The molecule has 5 nitrogen and oxygen atoms in total. The molecule has 5 heteroatoms. The van der Waals surface area contributed by atoms with E-state index in [4.69, 9.17) is 4.42 Å². The molecule has 2 fully saturated rings. The van der Waals surface area contributed by atoms with Crippen molar-refractivity contribution < 1.29 is 14.3 Å². The zero-order chi connectivity index (χ0) is 14.7. The molecule has 21 heavy (non-hydrogen) atoms. The lowest BCUT2D eigenvalue weighted by atomic mass is 10.0. The third-order valence-electron chi connectivity index (χ3n) is 4.74. The molecule has 0 spiro atoms. The van der Waals surface area contributed by atoms with E-state index in [2.05, 4.69) is 10.2 Å². The molecule has 2 heterocycles. The molecule has 0 bridgehead atoms. The fourth-order valence-electron chi connectivity index (χ4n) is 3.52. The number of amides is 1. The lowest BCUT2D eigenvalue weighted by Gasteiger charge is -2.26. The minimum absolute atomic E-state index is 0.0178. The Kier molecular flexibility index (Phi) is 4.60. The molecule has 1 amide bonds. The van der Waals surface area contributed by atoms with Crippen LogP contribution in [0.25, 0.3) is 0 Å². The van der Waals surface area contributed by atoms with Crippen molar-refractivity contribution in [2.75, 3.05) is 19.6 Å². The van der Waals surface area contributed by atoms with Gasteiger partial charge in [-0.3, -0.25) is 9.69 Å². The number of nitrogens with zero attached hydrogens (tertiary/aromatic N) is 1. The Bertz CT molecular complexity index is 454. The summed E-state index contributed by atoms with van der Waals surface area (Å²) in [5, 5.41) is 12.8. The van der Waals surface area contributed by atoms with Crippen LogP contribution < -0.4 is 5.32 Å². The zero-order valence-corrected chi connectivity index (χ0v) is 12.3. The molecule has 1 aromatic rings. The molecule has 1 aromatic heterocycles. The fraction of sp³-hybridized carbons (Fsp3) is 0.688. The van der Waals surface area contributed by atoms with Crippen molar-refractivity contribution in [1.82, 2.24) is 10.2 Å². The Hall–Kier alpha value is -1.33. The topological polar surface area (TPSA) is 65.7 Å². The van der Waals surface area contributed by atoms with E-state index in [0.717, 1.165) is 38.1 Å². The molecule has 2 N–H and O–H groups in total. The highest BCUT2D eigenvalue weighted by atomic mass is 16.3. The summed E-state index contributed by atoms with van der Waals surface area (Å²) in [5.74, 6) is 0.653. The van der Waals surface area contributed by atoms with E-state index in [-0.39, 0.29) is 17.9 Å². The summed E-state index contributed by atoms with van der Waals surface area (Å²) >= 11 is 0. The van der Waals surface area contributed by atoms with Crippen LogP contribution in [0.4, 0.5) is 0 Å². The van der Waals surface area contributed by atoms with Gasteiger partial charge < -0.3 is 14.8 Å². The molecule has 1 saturated carbocycles. The number of nitrogens with one attached hydrogen (secondary N) is 1. The van der Waals surface area contributed by atoms with E-state index in [0.29, 0.717) is 6.54 Å². The lowest BCUT2D eigenvalue weighted by Crippen LogP contribution is -2.40. The van der Waals surface area contributed by atoms with Crippen molar-refractivity contribution in [3.63, 3.8) is 0 Å². The molecule has 3 atom stereocenters. The molecule has 1 aliphatic heterocycles. The van der Waals surface area contributed by atoms with Crippen LogP contribution in [0.3, 0.4) is 0 Å². The van der Waals surface area contributed by atoms with Gasteiger partial charge in [0.15, 0.2) is 0 Å². The summed E-state index contributed by atoms with van der Waals surface area (Å²) in [6, 6.07) is 3.96. The summed E-state index contributed by atoms with van der Waals surface area (Å²) < 4.78 is 5.54. The van der Waals surface area contributed by atoms with Gasteiger partial charge in [-0.05, 0) is 57.3 Å². The lowest BCUT2D eigenvalue weighted by molar-refractivity contribution is -0.127. The molecule has 3 rings (SSSR count). The van der Waals surface area contributed by atoms with Crippen molar-refractivity contribution in [2.45, 2.75) is 44.2 Å². The van der Waals surface area contributed by atoms with Crippen LogP contribution >= 0.6 is 0 Å². The van der Waals surface area contributed by atoms with Crippen LogP contribution in [0.2, 0.25) is 0 Å². The van der Waals surface area contributed by atoms with Crippen LogP contribution in [-0.2, 0) is 4.79 Å². The number of hydrogen-bond donors (Lipinski definition) is 2. The number of likely N-dealkylation sites (tertiary alicyclic amines) is 1. The van der Waals surface area contributed by atoms with E-state index in [1.807, 2.05) is 12.1 Å². The van der Waals surface area contributed by atoms with Crippen LogP contribution in [0.5, 0.6) is 0 Å². The first-order valence-corrected chi connectivity index (χ1v) is 7.99. The van der Waals surface area contributed by atoms with E-state index >= 15 is 0 Å². The standard InChI is InChI=1S/C16H24N2O3/c19-14-6-3-5-12(14)16(20)17-11-13(15-7-4-10-21-15)18-8-1-2-9-18/h4,7,10,12-14,19H,1-3,5-6,8-9,11H2,(H,17,20). The molecule has 0 radical (unpaired) electrons. The monoisotopic (exact) mass is 292 g/mol. The maximum absolute atomic E-state index is 12.2. The van der Waals surface area contributed by atoms with Crippen molar-refractivity contribution >= 4 is 5.91 Å². The highest BCUT2D eigenvalue weighted by Crippen LogP contribution is 2.27. The largest absolute Gasteiger partial charge is 0.468 e. The van der Waals surface area contributed by atoms with Gasteiger partial charge in [0.25, 0.3) is 0 Å². The Morgan fingerprint density at radius 1 is 1.38 bits per heavy atom. The van der Waals surface area contributed by atoms with Gasteiger partial charge >= 0.3 is 0 Å². The van der Waals surface area contributed by atoms with Crippen molar-refractivity contribution in [3.8, 4) is 0 Å². The van der Waals surface area contributed by atoms with Crippen molar-refractivity contribution in [2.24, 2.45) is 5.92 Å². The number of aliphatic hydroxyl groups excluding tert-OH is 1. The number of furan rings is 1. The van der Waals surface area contributed by atoms with E-state index < -0.39 is 6.10 Å². The number of carbonyl (C=O) groups is 1. The second-order valence-electron chi connectivity index (χ2n) is 6.12. The summed E-state index contributed by atoms with van der Waals surface area (Å²) in [4.78, 5) is 14.6. The first-order valence-electron chi connectivity index (χ1n) is 7.99. The van der Waals surface area contributed by atoms with Crippen LogP contribution in [0.15, 0.2) is 22.8 Å². The summed E-state index contributed by atoms with van der Waals surface area (Å²) in [6.07, 6.45) is 6.08. The maximum Gasteiger partial charge on any atom is 0.225 e. The Morgan fingerprint density at radius 3 is 2.81 bits per heavy atom. The highest BCUT2D eigenvalue weighted by molar-refractivity contribution is 5.79. The van der Waals surface area contributed by atoms with Crippen molar-refractivity contribution in [3.05, 3.63) is 24.2 Å². The van der Waals surface area contributed by atoms with E-state index in [1.54, 1.807) is 6.26 Å². The van der Waals surface area contributed by atoms with Gasteiger partial charge in [-0.25, -0.2) is 0 Å². The van der Waals surface area contributed by atoms with Crippen LogP contribution in [-0.4, -0.2) is 41.7 Å². The Labute approximate surface area is 125 Å². The molecular formula is C16H24N2O3. The summed E-state index contributed by atoms with van der Waals surface area (Å²) in [5.41, 5.74) is 0. The predicted octanol–water partition coefficient (Wildman–Crippen LogP) is 1.69. The smallest absolute Gasteiger partial charge is 0.225 e. The quantitative estimate of drug-likeness (QED) is 0.867. The predicted molar refractivity (Wildman–Crippen MR) is 78.6 cm³/mol. The van der Waals surface area contributed by atoms with Gasteiger partial charge in [-0.15, -0.1) is 0 Å². The number of carbonyl (C=O) groups excluding carboxylic acids is 1. The second kappa shape index (κ2) is 6.62. The summed E-state index contributed by atoms with van der Waals surface area (Å²) in [7, 11) is 0. The van der Waals surface area contributed by atoms with Gasteiger partial charge in [-0.1, -0.05) is 0 Å². The third-order valence-corrected chi connectivity index (χ3v) is 4.74. The number of aliphatic hydroxyl groups is 1. The first-order chi connectivity index (χ1) is 10.3. The van der Waals surface area contributed by atoms with Crippen LogP contribution in [0, 0.1) is 5.92 Å². The summed E-state index contributed by atoms with van der Waals surface area (Å²) in [6.45, 7) is 2.65. The maximum atomic E-state index is 12.2. The fourth-order valence-corrected chi connectivity index (χ4v) is 3.52. The molecule has 116 valence electrons. The van der Waals surface area contributed by atoms with Gasteiger partial charge in [0.2, 0.25) is 5.91 Å². The van der Waals surface area contributed by atoms with E-state index in [9.17, 15) is 9.90 Å². The van der Waals surface area contributed by atoms with Crippen LogP contribution in [0.1, 0.15) is 43.9 Å². The number of hydrogen-bond acceptors (Lipinski definition) is 4. The molecule has 2 aliphatic rings. The minimum Gasteiger partial charge on any atom is -0.468 e. The zero-order valence-electron chi connectivity index (χ0n) is 12.3. The SMILES string of the molecule is O=C(NCC(c1ccco1)N1CCCC1)C1CCCC1O. The number of rotatable bonds is 5. The molecule has 0 aromatic carbocycles. The molecule has 3 unspecified atom stereocenters. The average Bonchev–Trinajstić information content (AvgIpc) is 3.21. The first kappa shape index (κ1) is 14.6. The minimum atomic E-state index is -0.473. The van der Waals surface area contributed by atoms with E-state index in [1.165, 1.54) is 12.8 Å². The van der Waals surface area contributed by atoms with Gasteiger partial charge in [0.1, 0.15) is 5.76 Å². The molecule has 1 aliphatic carbocycles. The normalized spacial score (nSPS) is 27.9. The van der Waals surface area contributed by atoms with Gasteiger partial charge in [0.05, 0.1) is 24.3 Å². The molecular weight excluding hydrogens is 268 g/mol. The molecule has 1 saturated heterocycles.